The first-order valence-corrected chi connectivity index (χ1v) is 8.46. The summed E-state index contributed by atoms with van der Waals surface area (Å²) < 4.78 is 5.85. The predicted octanol–water partition coefficient (Wildman–Crippen LogP) is 2.44. The minimum Gasteiger partial charge on any atom is -0.374 e. The average molecular weight is 301 g/mol. The van der Waals surface area contributed by atoms with Crippen LogP contribution in [0.5, 0.6) is 0 Å². The van der Waals surface area contributed by atoms with Gasteiger partial charge in [0, 0.05) is 18.8 Å². The van der Waals surface area contributed by atoms with E-state index in [2.05, 4.69) is 10.3 Å². The van der Waals surface area contributed by atoms with Crippen LogP contribution in [0, 0.1) is 0 Å². The third-order valence-electron chi connectivity index (χ3n) is 4.93. The summed E-state index contributed by atoms with van der Waals surface area (Å²) in [5, 5.41) is 3.35. The van der Waals surface area contributed by atoms with Crippen LogP contribution >= 0.6 is 0 Å². The lowest BCUT2D eigenvalue weighted by Gasteiger charge is -2.43. The number of hydrogen-bond donors (Lipinski definition) is 1. The highest BCUT2D eigenvalue weighted by Gasteiger charge is 2.37. The number of hydrogen-bond acceptors (Lipinski definition) is 4. The molecule has 3 fully saturated rings. The number of nitrogens with one attached hydrogen (secondary N) is 1. The van der Waals surface area contributed by atoms with Crippen LogP contribution in [0.2, 0.25) is 0 Å². The molecule has 0 spiro atoms. The molecule has 2 aliphatic carbocycles. The second-order valence-electron chi connectivity index (χ2n) is 6.61. The highest BCUT2D eigenvalue weighted by atomic mass is 16.5. The Morgan fingerprint density at radius 1 is 1.23 bits per heavy atom. The number of aromatic nitrogens is 1. The second kappa shape index (κ2) is 5.88. The van der Waals surface area contributed by atoms with Gasteiger partial charge in [-0.2, -0.15) is 0 Å². The Balaban J connectivity index is 1.47. The molecule has 22 heavy (non-hydrogen) atoms. The van der Waals surface area contributed by atoms with Gasteiger partial charge in [-0.25, -0.2) is 4.98 Å². The first-order valence-electron chi connectivity index (χ1n) is 8.46. The Morgan fingerprint density at radius 3 is 2.86 bits per heavy atom. The van der Waals surface area contributed by atoms with E-state index in [1.165, 1.54) is 25.7 Å². The van der Waals surface area contributed by atoms with Crippen LogP contribution in [0.15, 0.2) is 18.3 Å². The summed E-state index contributed by atoms with van der Waals surface area (Å²) in [6, 6.07) is 4.65. The molecule has 0 unspecified atom stereocenters. The van der Waals surface area contributed by atoms with Gasteiger partial charge in [-0.1, -0.05) is 12.8 Å². The maximum Gasteiger partial charge on any atom is 0.255 e. The van der Waals surface area contributed by atoms with Gasteiger partial charge in [0.1, 0.15) is 5.82 Å². The molecular weight excluding hydrogens is 278 g/mol. The van der Waals surface area contributed by atoms with Crippen molar-refractivity contribution >= 4 is 11.7 Å². The zero-order valence-corrected chi connectivity index (χ0v) is 12.8. The van der Waals surface area contributed by atoms with E-state index >= 15 is 0 Å². The molecule has 2 atom stereocenters. The van der Waals surface area contributed by atoms with Crippen molar-refractivity contribution in [3.63, 3.8) is 0 Å². The lowest BCUT2D eigenvalue weighted by Crippen LogP contribution is -2.54. The van der Waals surface area contributed by atoms with Crippen LogP contribution in [-0.4, -0.2) is 47.1 Å². The largest absolute Gasteiger partial charge is 0.374 e. The zero-order chi connectivity index (χ0) is 14.9. The number of carbonyl (C=O) groups excluding carboxylic acids is 1. The SMILES string of the molecule is O=C(c1ccc(NC2CC2)nc1)N1CCO[C@@H]2CCCC[C@H]21. The maximum atomic E-state index is 12.8. The number of amides is 1. The first-order chi connectivity index (χ1) is 10.8. The molecule has 1 saturated heterocycles. The van der Waals surface area contributed by atoms with Crippen molar-refractivity contribution in [3.8, 4) is 0 Å². The van der Waals surface area contributed by atoms with Crippen molar-refractivity contribution in [1.82, 2.24) is 9.88 Å². The molecule has 1 N–H and O–H groups in total. The lowest BCUT2D eigenvalue weighted by atomic mass is 9.90. The van der Waals surface area contributed by atoms with Crippen molar-refractivity contribution in [2.24, 2.45) is 0 Å². The number of rotatable bonds is 3. The molecule has 2 saturated carbocycles. The van der Waals surface area contributed by atoms with Crippen molar-refractivity contribution in [2.45, 2.75) is 56.7 Å². The predicted molar refractivity (Wildman–Crippen MR) is 83.9 cm³/mol. The first kappa shape index (κ1) is 14.0. The van der Waals surface area contributed by atoms with Gasteiger partial charge in [-0.05, 0) is 37.8 Å². The molecule has 1 aromatic rings. The molecule has 5 heteroatoms. The van der Waals surface area contributed by atoms with E-state index in [-0.39, 0.29) is 18.1 Å². The maximum absolute atomic E-state index is 12.8. The Hall–Kier alpha value is -1.62. The Kier molecular flexibility index (Phi) is 3.74. The van der Waals surface area contributed by atoms with Gasteiger partial charge in [0.15, 0.2) is 0 Å². The third-order valence-corrected chi connectivity index (χ3v) is 4.93. The molecule has 1 aromatic heterocycles. The molecule has 5 nitrogen and oxygen atoms in total. The van der Waals surface area contributed by atoms with Gasteiger partial charge < -0.3 is 15.0 Å². The summed E-state index contributed by atoms with van der Waals surface area (Å²) in [4.78, 5) is 19.2. The fourth-order valence-electron chi connectivity index (χ4n) is 3.56. The number of pyridine rings is 1. The zero-order valence-electron chi connectivity index (χ0n) is 12.8. The monoisotopic (exact) mass is 301 g/mol. The topological polar surface area (TPSA) is 54.5 Å². The van der Waals surface area contributed by atoms with Gasteiger partial charge in [-0.3, -0.25) is 4.79 Å². The van der Waals surface area contributed by atoms with E-state index in [1.807, 2.05) is 17.0 Å². The summed E-state index contributed by atoms with van der Waals surface area (Å²) in [5.41, 5.74) is 0.688. The van der Waals surface area contributed by atoms with E-state index in [1.54, 1.807) is 6.20 Å². The van der Waals surface area contributed by atoms with Crippen molar-refractivity contribution < 1.29 is 9.53 Å². The fourth-order valence-corrected chi connectivity index (χ4v) is 3.56. The molecule has 0 bridgehead atoms. The number of morpholine rings is 1. The smallest absolute Gasteiger partial charge is 0.255 e. The highest BCUT2D eigenvalue weighted by molar-refractivity contribution is 5.94. The molecule has 118 valence electrons. The van der Waals surface area contributed by atoms with Crippen LogP contribution in [0.1, 0.15) is 48.9 Å². The fraction of sp³-hybridized carbons (Fsp3) is 0.647. The molecule has 4 rings (SSSR count). The van der Waals surface area contributed by atoms with Crippen molar-refractivity contribution in [2.75, 3.05) is 18.5 Å². The van der Waals surface area contributed by atoms with Crippen LogP contribution in [0.3, 0.4) is 0 Å². The standard InChI is InChI=1S/C17H23N3O2/c21-17(12-5-8-16(18-11-12)19-13-6-7-13)20-9-10-22-15-4-2-1-3-14(15)20/h5,8,11,13-15H,1-4,6-7,9-10H2,(H,18,19)/t14-,15-/m1/s1. The summed E-state index contributed by atoms with van der Waals surface area (Å²) in [6.45, 7) is 1.35. The summed E-state index contributed by atoms with van der Waals surface area (Å²) in [6.07, 6.45) is 8.93. The lowest BCUT2D eigenvalue weighted by molar-refractivity contribution is -0.0752. The van der Waals surface area contributed by atoms with Crippen LogP contribution in [0.25, 0.3) is 0 Å². The van der Waals surface area contributed by atoms with E-state index < -0.39 is 0 Å². The second-order valence-corrected chi connectivity index (χ2v) is 6.61. The van der Waals surface area contributed by atoms with Crippen LogP contribution in [-0.2, 0) is 4.74 Å². The van der Waals surface area contributed by atoms with Gasteiger partial charge in [0.25, 0.3) is 5.91 Å². The van der Waals surface area contributed by atoms with Gasteiger partial charge in [-0.15, -0.1) is 0 Å². The van der Waals surface area contributed by atoms with Crippen LogP contribution in [0.4, 0.5) is 5.82 Å². The highest BCUT2D eigenvalue weighted by Crippen LogP contribution is 2.29. The van der Waals surface area contributed by atoms with E-state index in [0.717, 1.165) is 18.7 Å². The number of anilines is 1. The molecule has 0 radical (unpaired) electrons. The molecule has 0 aromatic carbocycles. The molecule has 3 aliphatic rings. The number of nitrogens with zero attached hydrogens (tertiary/aromatic N) is 2. The Morgan fingerprint density at radius 2 is 2.09 bits per heavy atom. The third kappa shape index (κ3) is 2.82. The molecule has 1 amide bonds. The van der Waals surface area contributed by atoms with Crippen LogP contribution < -0.4 is 5.32 Å². The number of carbonyl (C=O) groups is 1. The average Bonchev–Trinajstić information content (AvgIpc) is 3.38. The molecular formula is C17H23N3O2. The number of ether oxygens (including phenoxy) is 1. The van der Waals surface area contributed by atoms with E-state index in [4.69, 9.17) is 4.74 Å². The van der Waals surface area contributed by atoms with E-state index in [0.29, 0.717) is 24.8 Å². The molecule has 1 aliphatic heterocycles. The summed E-state index contributed by atoms with van der Waals surface area (Å²) in [5.74, 6) is 0.974. The van der Waals surface area contributed by atoms with Gasteiger partial charge in [0.05, 0.1) is 24.3 Å². The number of fused-ring (bicyclic) bond motifs is 1. The Bertz CT molecular complexity index is 539. The molecule has 2 heterocycles. The quantitative estimate of drug-likeness (QED) is 0.931. The minimum atomic E-state index is 0.102. The van der Waals surface area contributed by atoms with Crippen molar-refractivity contribution in [3.05, 3.63) is 23.9 Å². The summed E-state index contributed by atoms with van der Waals surface area (Å²) in [7, 11) is 0. The Labute approximate surface area is 131 Å². The van der Waals surface area contributed by atoms with E-state index in [9.17, 15) is 4.79 Å². The van der Waals surface area contributed by atoms with Gasteiger partial charge in [0.2, 0.25) is 0 Å². The normalized spacial score (nSPS) is 28.1. The van der Waals surface area contributed by atoms with Gasteiger partial charge >= 0.3 is 0 Å². The minimum absolute atomic E-state index is 0.102. The van der Waals surface area contributed by atoms with Crippen molar-refractivity contribution in [1.29, 1.82) is 0 Å². The summed E-state index contributed by atoms with van der Waals surface area (Å²) >= 11 is 0.